The largest absolute Gasteiger partial charge is 0.504 e. The van der Waals surface area contributed by atoms with E-state index in [1.54, 1.807) is 12.1 Å². The van der Waals surface area contributed by atoms with Crippen LogP contribution in [0.25, 0.3) is 10.8 Å². The van der Waals surface area contributed by atoms with Gasteiger partial charge in [-0.3, -0.25) is 4.79 Å². The summed E-state index contributed by atoms with van der Waals surface area (Å²) in [6.45, 7) is 1.30. The molecule has 0 aliphatic rings. The highest BCUT2D eigenvalue weighted by atomic mass is 16.5. The topological polar surface area (TPSA) is 46.5 Å². The van der Waals surface area contributed by atoms with Crippen LogP contribution >= 0.6 is 0 Å². The van der Waals surface area contributed by atoms with Crippen molar-refractivity contribution in [3.8, 4) is 11.5 Å². The number of benzene rings is 2. The fourth-order valence-electron chi connectivity index (χ4n) is 1.44. The Balaban J connectivity index is 2.56. The van der Waals surface area contributed by atoms with Gasteiger partial charge in [-0.15, -0.1) is 0 Å². The molecule has 2 rings (SSSR count). The van der Waals surface area contributed by atoms with Crippen molar-refractivity contribution >= 4 is 16.7 Å². The average Bonchev–Trinajstić information content (AvgIpc) is 2.18. The summed E-state index contributed by atoms with van der Waals surface area (Å²) in [6, 6.07) is 10.8. The summed E-state index contributed by atoms with van der Waals surface area (Å²) in [5.74, 6) is -0.273. The normalized spacial score (nSPS) is 10.2. The molecule has 3 heteroatoms. The van der Waals surface area contributed by atoms with Crippen LogP contribution in [0.2, 0.25) is 0 Å². The molecule has 0 saturated carbocycles. The maximum absolute atomic E-state index is 10.8. The second kappa shape index (κ2) is 3.61. The maximum atomic E-state index is 10.8. The van der Waals surface area contributed by atoms with Gasteiger partial charge in [0.25, 0.3) is 0 Å². The van der Waals surface area contributed by atoms with Crippen molar-refractivity contribution in [2.24, 2.45) is 0 Å². The lowest BCUT2D eigenvalue weighted by atomic mass is 10.1. The van der Waals surface area contributed by atoms with Gasteiger partial charge in [-0.2, -0.15) is 0 Å². The molecule has 1 N–H and O–H groups in total. The Hall–Kier alpha value is -2.03. The van der Waals surface area contributed by atoms with E-state index in [2.05, 4.69) is 0 Å². The standard InChI is InChI=1S/C12H10O3/c1-8(13)15-12-7-10-5-3-2-4-9(10)6-11(12)14/h2-7,14H,1H3. The van der Waals surface area contributed by atoms with Crippen molar-refractivity contribution in [1.82, 2.24) is 0 Å². The van der Waals surface area contributed by atoms with Crippen LogP contribution in [0.4, 0.5) is 0 Å². The minimum atomic E-state index is -0.444. The number of ether oxygens (including phenoxy) is 1. The molecule has 0 fully saturated rings. The van der Waals surface area contributed by atoms with Gasteiger partial charge in [0.1, 0.15) is 0 Å². The van der Waals surface area contributed by atoms with E-state index in [1.165, 1.54) is 6.92 Å². The van der Waals surface area contributed by atoms with Crippen LogP contribution < -0.4 is 4.74 Å². The van der Waals surface area contributed by atoms with Gasteiger partial charge in [0.05, 0.1) is 0 Å². The molecule has 0 atom stereocenters. The van der Waals surface area contributed by atoms with Crippen LogP contribution in [0.5, 0.6) is 11.5 Å². The lowest BCUT2D eigenvalue weighted by Gasteiger charge is -2.05. The number of fused-ring (bicyclic) bond motifs is 1. The zero-order valence-electron chi connectivity index (χ0n) is 8.23. The van der Waals surface area contributed by atoms with Crippen molar-refractivity contribution in [2.75, 3.05) is 0 Å². The number of hydrogen-bond donors (Lipinski definition) is 1. The van der Waals surface area contributed by atoms with Gasteiger partial charge in [-0.25, -0.2) is 0 Å². The van der Waals surface area contributed by atoms with Gasteiger partial charge < -0.3 is 9.84 Å². The molecule has 0 spiro atoms. The van der Waals surface area contributed by atoms with Crippen molar-refractivity contribution in [3.05, 3.63) is 36.4 Å². The lowest BCUT2D eigenvalue weighted by Crippen LogP contribution is -2.01. The summed E-state index contributed by atoms with van der Waals surface area (Å²) in [6.07, 6.45) is 0. The summed E-state index contributed by atoms with van der Waals surface area (Å²) >= 11 is 0. The van der Waals surface area contributed by atoms with E-state index in [9.17, 15) is 9.90 Å². The molecule has 0 aromatic heterocycles. The number of phenolic OH excluding ortho intramolecular Hbond substituents is 1. The molecule has 15 heavy (non-hydrogen) atoms. The number of rotatable bonds is 1. The molecule has 0 unspecified atom stereocenters. The van der Waals surface area contributed by atoms with Crippen molar-refractivity contribution in [2.45, 2.75) is 6.92 Å². The first-order chi connectivity index (χ1) is 7.16. The number of carbonyl (C=O) groups excluding carboxylic acids is 1. The fraction of sp³-hybridized carbons (Fsp3) is 0.0833. The number of phenols is 1. The van der Waals surface area contributed by atoms with Crippen LogP contribution in [0.3, 0.4) is 0 Å². The van der Waals surface area contributed by atoms with Crippen molar-refractivity contribution in [3.63, 3.8) is 0 Å². The van der Waals surface area contributed by atoms with E-state index >= 15 is 0 Å². The van der Waals surface area contributed by atoms with Gasteiger partial charge in [0.2, 0.25) is 0 Å². The molecule has 2 aromatic rings. The van der Waals surface area contributed by atoms with Crippen LogP contribution in [-0.2, 0) is 4.79 Å². The highest BCUT2D eigenvalue weighted by Gasteiger charge is 2.06. The fourth-order valence-corrected chi connectivity index (χ4v) is 1.44. The average molecular weight is 202 g/mol. The Bertz CT molecular complexity index is 517. The van der Waals surface area contributed by atoms with Gasteiger partial charge >= 0.3 is 5.97 Å². The van der Waals surface area contributed by atoms with Crippen LogP contribution in [0.1, 0.15) is 6.92 Å². The third-order valence-electron chi connectivity index (χ3n) is 2.08. The predicted molar refractivity (Wildman–Crippen MR) is 56.9 cm³/mol. The Labute approximate surface area is 86.9 Å². The van der Waals surface area contributed by atoms with E-state index in [1.807, 2.05) is 24.3 Å². The molecule has 3 nitrogen and oxygen atoms in total. The van der Waals surface area contributed by atoms with Crippen molar-refractivity contribution in [1.29, 1.82) is 0 Å². The molecule has 76 valence electrons. The number of carbonyl (C=O) groups is 1. The van der Waals surface area contributed by atoms with Crippen molar-refractivity contribution < 1.29 is 14.6 Å². The summed E-state index contributed by atoms with van der Waals surface area (Å²) in [5.41, 5.74) is 0. The van der Waals surface area contributed by atoms with E-state index in [-0.39, 0.29) is 11.5 Å². The Kier molecular flexibility index (Phi) is 2.29. The maximum Gasteiger partial charge on any atom is 0.308 e. The SMILES string of the molecule is CC(=O)Oc1cc2ccccc2cc1O. The molecular formula is C12H10O3. The molecule has 0 heterocycles. The predicted octanol–water partition coefficient (Wildman–Crippen LogP) is 2.47. The highest BCUT2D eigenvalue weighted by molar-refractivity contribution is 5.86. The van der Waals surface area contributed by atoms with Gasteiger partial charge in [-0.05, 0) is 22.9 Å². The molecule has 0 bridgehead atoms. The van der Waals surface area contributed by atoms with Gasteiger partial charge in [0.15, 0.2) is 11.5 Å². The Morgan fingerprint density at radius 2 is 1.80 bits per heavy atom. The summed E-state index contributed by atoms with van der Waals surface area (Å²) in [7, 11) is 0. The molecule has 0 radical (unpaired) electrons. The van der Waals surface area contributed by atoms with Gasteiger partial charge in [0, 0.05) is 6.92 Å². The number of hydrogen-bond acceptors (Lipinski definition) is 3. The molecular weight excluding hydrogens is 192 g/mol. The zero-order valence-corrected chi connectivity index (χ0v) is 8.23. The van der Waals surface area contributed by atoms with E-state index in [0.29, 0.717) is 0 Å². The first-order valence-electron chi connectivity index (χ1n) is 4.57. The monoisotopic (exact) mass is 202 g/mol. The van der Waals surface area contributed by atoms with Crippen LogP contribution in [-0.4, -0.2) is 11.1 Å². The molecule has 0 aliphatic carbocycles. The third kappa shape index (κ3) is 1.91. The van der Waals surface area contributed by atoms with Gasteiger partial charge in [-0.1, -0.05) is 24.3 Å². The minimum absolute atomic E-state index is 0.0242. The smallest absolute Gasteiger partial charge is 0.308 e. The quantitative estimate of drug-likeness (QED) is 0.570. The third-order valence-corrected chi connectivity index (χ3v) is 2.08. The van der Waals surface area contributed by atoms with E-state index in [4.69, 9.17) is 4.74 Å². The summed E-state index contributed by atoms with van der Waals surface area (Å²) in [5, 5.41) is 11.4. The molecule has 0 aliphatic heterocycles. The second-order valence-corrected chi connectivity index (χ2v) is 3.26. The second-order valence-electron chi connectivity index (χ2n) is 3.26. The first kappa shape index (κ1) is 9.52. The first-order valence-corrected chi connectivity index (χ1v) is 4.57. The molecule has 0 saturated heterocycles. The summed E-state index contributed by atoms with van der Waals surface area (Å²) in [4.78, 5) is 10.8. The number of aromatic hydroxyl groups is 1. The van der Waals surface area contributed by atoms with Crippen LogP contribution in [0.15, 0.2) is 36.4 Å². The lowest BCUT2D eigenvalue weighted by molar-refractivity contribution is -0.132. The van der Waals surface area contributed by atoms with E-state index in [0.717, 1.165) is 10.8 Å². The Morgan fingerprint density at radius 3 is 2.40 bits per heavy atom. The highest BCUT2D eigenvalue weighted by Crippen LogP contribution is 2.31. The molecule has 0 amide bonds. The molecule has 2 aromatic carbocycles. The van der Waals surface area contributed by atoms with E-state index < -0.39 is 5.97 Å². The zero-order chi connectivity index (χ0) is 10.8. The summed E-state index contributed by atoms with van der Waals surface area (Å²) < 4.78 is 4.86. The minimum Gasteiger partial charge on any atom is -0.504 e. The Morgan fingerprint density at radius 1 is 1.20 bits per heavy atom. The number of esters is 1. The van der Waals surface area contributed by atoms with Crippen LogP contribution in [0, 0.1) is 0 Å².